The van der Waals surface area contributed by atoms with Gasteiger partial charge in [0, 0.05) is 0 Å². The van der Waals surface area contributed by atoms with Gasteiger partial charge in [0.1, 0.15) is 11.5 Å². The largest absolute Gasteiger partial charge is 0.604 e. The summed E-state index contributed by atoms with van der Waals surface area (Å²) in [5, 5.41) is 0. The average molecular weight is 453 g/mol. The van der Waals surface area contributed by atoms with Crippen LogP contribution in [0.1, 0.15) is 75.6 Å². The third-order valence-corrected chi connectivity index (χ3v) is 6.39. The molecule has 0 bridgehead atoms. The number of aryl methyl sites for hydroxylation is 4. The molecule has 0 unspecified atom stereocenters. The molecule has 0 saturated carbocycles. The summed E-state index contributed by atoms with van der Waals surface area (Å²) in [6.07, 6.45) is 7.60. The highest BCUT2D eigenvalue weighted by molar-refractivity contribution is 7.50. The molecule has 0 aliphatic heterocycles. The molecule has 4 nitrogen and oxygen atoms in total. The summed E-state index contributed by atoms with van der Waals surface area (Å²) >= 11 is 5.62. The minimum absolute atomic E-state index is 0.486. The quantitative estimate of drug-likeness (QED) is 0.287. The first-order chi connectivity index (χ1) is 14.5. The van der Waals surface area contributed by atoms with Crippen LogP contribution >= 0.6 is 19.7 Å². The summed E-state index contributed by atoms with van der Waals surface area (Å²) in [5.41, 5.74) is 4.42. The monoisotopic (exact) mass is 452 g/mol. The Morgan fingerprint density at radius 2 is 1.10 bits per heavy atom. The summed E-state index contributed by atoms with van der Waals surface area (Å²) in [7, 11) is -4.04. The Bertz CT molecular complexity index is 788. The lowest BCUT2D eigenvalue weighted by Gasteiger charge is -2.20. The van der Waals surface area contributed by atoms with Crippen LogP contribution in [0.3, 0.4) is 0 Å². The Morgan fingerprint density at radius 1 is 0.700 bits per heavy atom. The van der Waals surface area contributed by atoms with Gasteiger partial charge in [0.05, 0.1) is 11.9 Å². The zero-order valence-electron chi connectivity index (χ0n) is 18.6. The second-order valence-corrected chi connectivity index (χ2v) is 9.39. The van der Waals surface area contributed by atoms with Gasteiger partial charge in [0.15, 0.2) is 0 Å². The molecule has 0 saturated heterocycles. The van der Waals surface area contributed by atoms with Crippen LogP contribution in [-0.2, 0) is 34.3 Å². The van der Waals surface area contributed by atoms with E-state index >= 15 is 0 Å². The van der Waals surface area contributed by atoms with Gasteiger partial charge in [0.25, 0.3) is 0 Å². The zero-order valence-corrected chi connectivity index (χ0v) is 20.2. The van der Waals surface area contributed by atoms with Crippen molar-refractivity contribution in [1.29, 1.82) is 0 Å². The van der Waals surface area contributed by atoms with E-state index in [1.807, 2.05) is 24.3 Å². The SMILES string of the molecule is CCCc1ccc(OP(=O)(OCl)Oc2ccc(CCC)cc2CCC)c(CCC)c1. The maximum absolute atomic E-state index is 13.3. The molecule has 166 valence electrons. The molecule has 0 aliphatic rings. The Hall–Kier alpha value is -1.48. The first-order valence-corrected chi connectivity index (χ1v) is 12.8. The number of phosphoric acid groups is 1. The van der Waals surface area contributed by atoms with E-state index < -0.39 is 7.82 Å². The Labute approximate surface area is 186 Å². The van der Waals surface area contributed by atoms with Crippen molar-refractivity contribution in [3.63, 3.8) is 0 Å². The third kappa shape index (κ3) is 7.04. The van der Waals surface area contributed by atoms with Gasteiger partial charge in [0.2, 0.25) is 0 Å². The maximum atomic E-state index is 13.3. The predicted octanol–water partition coefficient (Wildman–Crippen LogP) is 8.23. The molecule has 0 N–H and O–H groups in total. The molecule has 0 atom stereocenters. The summed E-state index contributed by atoms with van der Waals surface area (Å²) in [6, 6.07) is 11.8. The number of halogens is 1. The normalized spacial score (nSPS) is 11.5. The minimum atomic E-state index is -4.04. The van der Waals surface area contributed by atoms with Crippen LogP contribution in [0.25, 0.3) is 0 Å². The highest BCUT2D eigenvalue weighted by Gasteiger charge is 2.33. The zero-order chi connectivity index (χ0) is 22.0. The topological polar surface area (TPSA) is 44.8 Å². The fraction of sp³-hybridized carbons (Fsp3) is 0.500. The van der Waals surface area contributed by atoms with E-state index in [1.54, 1.807) is 0 Å². The van der Waals surface area contributed by atoms with Crippen molar-refractivity contribution in [1.82, 2.24) is 0 Å². The van der Waals surface area contributed by atoms with Crippen molar-refractivity contribution in [2.24, 2.45) is 0 Å². The molecule has 0 aliphatic carbocycles. The van der Waals surface area contributed by atoms with E-state index in [0.29, 0.717) is 11.5 Å². The summed E-state index contributed by atoms with van der Waals surface area (Å²) < 4.78 is 29.5. The standard InChI is InChI=1S/C24H34ClO4P/c1-5-9-19-13-15-23(21(17-19)11-7-3)27-30(26,29-25)28-24-16-14-20(10-6-2)18-22(24)12-8-4/h13-18H,5-12H2,1-4H3. The van der Waals surface area contributed by atoms with Gasteiger partial charge >= 0.3 is 7.82 Å². The average Bonchev–Trinajstić information content (AvgIpc) is 2.73. The van der Waals surface area contributed by atoms with Crippen LogP contribution in [0.15, 0.2) is 36.4 Å². The van der Waals surface area contributed by atoms with Crippen LogP contribution in [0.4, 0.5) is 0 Å². The third-order valence-electron chi connectivity index (χ3n) is 4.87. The highest BCUT2D eigenvalue weighted by atomic mass is 35.5. The molecule has 0 spiro atoms. The lowest BCUT2D eigenvalue weighted by Crippen LogP contribution is -2.05. The van der Waals surface area contributed by atoms with Gasteiger partial charge in [-0.3, -0.25) is 0 Å². The summed E-state index contributed by atoms with van der Waals surface area (Å²) in [4.78, 5) is 0. The number of hydrogen-bond donors (Lipinski definition) is 0. The fourth-order valence-corrected chi connectivity index (χ4v) is 4.65. The predicted molar refractivity (Wildman–Crippen MR) is 125 cm³/mol. The van der Waals surface area contributed by atoms with E-state index in [0.717, 1.165) is 62.5 Å². The molecule has 0 radical (unpaired) electrons. The molecule has 2 aromatic rings. The van der Waals surface area contributed by atoms with Gasteiger partial charge in [-0.1, -0.05) is 77.6 Å². The molecule has 2 rings (SSSR count). The summed E-state index contributed by atoms with van der Waals surface area (Å²) in [6.45, 7) is 8.48. The molecule has 0 aromatic heterocycles. The van der Waals surface area contributed by atoms with Crippen molar-refractivity contribution in [3.05, 3.63) is 58.7 Å². The maximum Gasteiger partial charge on any atom is 0.604 e. The molecular formula is C24H34ClO4P. The van der Waals surface area contributed by atoms with Crippen molar-refractivity contribution in [2.45, 2.75) is 79.1 Å². The molecular weight excluding hydrogens is 419 g/mol. The van der Waals surface area contributed by atoms with Crippen molar-refractivity contribution >= 4 is 19.7 Å². The molecule has 2 aromatic carbocycles. The molecule has 6 heteroatoms. The number of benzene rings is 2. The Morgan fingerprint density at radius 3 is 1.43 bits per heavy atom. The first kappa shape index (κ1) is 24.8. The van der Waals surface area contributed by atoms with Gasteiger partial charge in [-0.15, -0.1) is 0 Å². The number of rotatable bonds is 13. The second-order valence-electron chi connectivity index (χ2n) is 7.58. The Kier molecular flexibility index (Phi) is 10.2. The fourth-order valence-electron chi connectivity index (χ4n) is 3.55. The van der Waals surface area contributed by atoms with E-state index in [2.05, 4.69) is 39.8 Å². The number of hydrogen-bond acceptors (Lipinski definition) is 4. The van der Waals surface area contributed by atoms with Crippen molar-refractivity contribution < 1.29 is 17.7 Å². The first-order valence-electron chi connectivity index (χ1n) is 11.0. The van der Waals surface area contributed by atoms with E-state index in [4.69, 9.17) is 25.0 Å². The minimum Gasteiger partial charge on any atom is -0.394 e. The lowest BCUT2D eigenvalue weighted by molar-refractivity contribution is 0.305. The van der Waals surface area contributed by atoms with Crippen molar-refractivity contribution in [3.8, 4) is 11.5 Å². The van der Waals surface area contributed by atoms with Crippen LogP contribution in [0.2, 0.25) is 0 Å². The number of phosphoric ester groups is 1. The van der Waals surface area contributed by atoms with Gasteiger partial charge in [-0.05, 0) is 60.1 Å². The van der Waals surface area contributed by atoms with Crippen molar-refractivity contribution in [2.75, 3.05) is 0 Å². The van der Waals surface area contributed by atoms with Crippen LogP contribution in [0.5, 0.6) is 11.5 Å². The smallest absolute Gasteiger partial charge is 0.394 e. The van der Waals surface area contributed by atoms with Crippen LogP contribution in [0, 0.1) is 0 Å². The second kappa shape index (κ2) is 12.4. The summed E-state index contributed by atoms with van der Waals surface area (Å²) in [5.74, 6) is 0.973. The van der Waals surface area contributed by atoms with Crippen LogP contribution in [-0.4, -0.2) is 0 Å². The van der Waals surface area contributed by atoms with E-state index in [1.165, 1.54) is 11.1 Å². The van der Waals surface area contributed by atoms with Gasteiger partial charge < -0.3 is 9.05 Å². The molecule has 0 amide bonds. The van der Waals surface area contributed by atoms with Gasteiger partial charge in [-0.25, -0.2) is 4.57 Å². The molecule has 0 heterocycles. The molecule has 30 heavy (non-hydrogen) atoms. The lowest BCUT2D eigenvalue weighted by atomic mass is 10.0. The van der Waals surface area contributed by atoms with Crippen LogP contribution < -0.4 is 9.05 Å². The van der Waals surface area contributed by atoms with E-state index in [-0.39, 0.29) is 0 Å². The molecule has 0 fully saturated rings. The van der Waals surface area contributed by atoms with Gasteiger partial charge in [-0.2, -0.15) is 4.08 Å². The highest BCUT2D eigenvalue weighted by Crippen LogP contribution is 2.52. The Balaban J connectivity index is 2.31. The van der Waals surface area contributed by atoms with E-state index in [9.17, 15) is 4.57 Å².